The van der Waals surface area contributed by atoms with E-state index in [1.165, 1.54) is 22.3 Å². The van der Waals surface area contributed by atoms with Gasteiger partial charge < -0.3 is 14.6 Å². The van der Waals surface area contributed by atoms with Gasteiger partial charge in [0.2, 0.25) is 0 Å². The van der Waals surface area contributed by atoms with Gasteiger partial charge in [-0.1, -0.05) is 36.4 Å². The predicted molar refractivity (Wildman–Crippen MR) is 109 cm³/mol. The molecule has 3 heteroatoms. The largest absolute Gasteiger partial charge is 0.493 e. The molecule has 140 valence electrons. The zero-order valence-electron chi connectivity index (χ0n) is 15.9. The summed E-state index contributed by atoms with van der Waals surface area (Å²) in [5.74, 6) is 1.73. The fourth-order valence-corrected chi connectivity index (χ4v) is 3.22. The molecule has 3 aromatic rings. The Balaban J connectivity index is 1.77. The van der Waals surface area contributed by atoms with E-state index < -0.39 is 0 Å². The van der Waals surface area contributed by atoms with E-state index in [9.17, 15) is 0 Å². The van der Waals surface area contributed by atoms with Gasteiger partial charge in [-0.2, -0.15) is 0 Å². The van der Waals surface area contributed by atoms with Crippen LogP contribution in [-0.2, 0) is 6.61 Å². The van der Waals surface area contributed by atoms with Crippen molar-refractivity contribution in [3.05, 3.63) is 83.4 Å². The maximum absolute atomic E-state index is 8.90. The molecule has 0 heterocycles. The van der Waals surface area contributed by atoms with Gasteiger partial charge in [-0.3, -0.25) is 0 Å². The summed E-state index contributed by atoms with van der Waals surface area (Å²) in [4.78, 5) is 0. The van der Waals surface area contributed by atoms with E-state index in [0.29, 0.717) is 19.6 Å². The number of aliphatic hydroxyl groups excluding tert-OH is 1. The third-order valence-corrected chi connectivity index (χ3v) is 4.44. The quantitative estimate of drug-likeness (QED) is 0.552. The minimum Gasteiger partial charge on any atom is -0.493 e. The van der Waals surface area contributed by atoms with E-state index in [-0.39, 0.29) is 6.61 Å². The number of para-hydroxylation sites is 1. The van der Waals surface area contributed by atoms with Gasteiger partial charge in [-0.15, -0.1) is 0 Å². The first-order valence-corrected chi connectivity index (χ1v) is 9.29. The Kier molecular flexibility index (Phi) is 6.50. The summed E-state index contributed by atoms with van der Waals surface area (Å²) < 4.78 is 11.6. The molecule has 0 spiro atoms. The molecule has 0 fully saturated rings. The van der Waals surface area contributed by atoms with Gasteiger partial charge in [-0.25, -0.2) is 0 Å². The highest BCUT2D eigenvalue weighted by atomic mass is 16.5. The van der Waals surface area contributed by atoms with E-state index >= 15 is 0 Å². The number of ether oxygens (including phenoxy) is 2. The lowest BCUT2D eigenvalue weighted by molar-refractivity contribution is 0.233. The number of rotatable bonds is 8. The minimum atomic E-state index is 0.147. The molecule has 0 amide bonds. The Bertz CT molecular complexity index is 849. The van der Waals surface area contributed by atoms with Crippen LogP contribution in [0.1, 0.15) is 23.1 Å². The zero-order chi connectivity index (χ0) is 19.1. The van der Waals surface area contributed by atoms with Crippen molar-refractivity contribution in [3.8, 4) is 22.6 Å². The minimum absolute atomic E-state index is 0.147. The molecular weight excluding hydrogens is 336 g/mol. The summed E-state index contributed by atoms with van der Waals surface area (Å²) in [6, 6.07) is 22.5. The Morgan fingerprint density at radius 1 is 0.778 bits per heavy atom. The van der Waals surface area contributed by atoms with Gasteiger partial charge >= 0.3 is 0 Å². The number of benzene rings is 3. The fraction of sp³-hybridized carbons (Fsp3) is 0.250. The summed E-state index contributed by atoms with van der Waals surface area (Å²) in [5, 5.41) is 8.90. The van der Waals surface area contributed by atoms with Gasteiger partial charge in [0, 0.05) is 13.0 Å². The van der Waals surface area contributed by atoms with Crippen LogP contribution in [0.4, 0.5) is 0 Å². The van der Waals surface area contributed by atoms with Crippen LogP contribution in [0.15, 0.2) is 66.7 Å². The molecule has 0 aliphatic heterocycles. The molecular formula is C24H26O3. The second-order valence-electron chi connectivity index (χ2n) is 6.66. The molecule has 0 radical (unpaired) electrons. The molecule has 0 atom stereocenters. The third-order valence-electron chi connectivity index (χ3n) is 4.44. The summed E-state index contributed by atoms with van der Waals surface area (Å²) >= 11 is 0. The van der Waals surface area contributed by atoms with Gasteiger partial charge in [0.05, 0.1) is 6.61 Å². The van der Waals surface area contributed by atoms with Crippen molar-refractivity contribution < 1.29 is 14.6 Å². The van der Waals surface area contributed by atoms with E-state index in [1.807, 2.05) is 30.3 Å². The Morgan fingerprint density at radius 3 is 2.22 bits per heavy atom. The molecule has 0 aliphatic carbocycles. The molecule has 0 saturated heterocycles. The van der Waals surface area contributed by atoms with Crippen LogP contribution in [0.25, 0.3) is 11.1 Å². The highest BCUT2D eigenvalue weighted by molar-refractivity contribution is 5.72. The van der Waals surface area contributed by atoms with Crippen LogP contribution < -0.4 is 9.47 Å². The summed E-state index contributed by atoms with van der Waals surface area (Å²) in [5.41, 5.74) is 5.90. The second-order valence-corrected chi connectivity index (χ2v) is 6.66. The maximum Gasteiger partial charge on any atom is 0.119 e. The number of hydrogen-bond donors (Lipinski definition) is 1. The molecule has 0 aliphatic rings. The zero-order valence-corrected chi connectivity index (χ0v) is 15.9. The van der Waals surface area contributed by atoms with Crippen LogP contribution >= 0.6 is 0 Å². The average Bonchev–Trinajstić information content (AvgIpc) is 2.67. The van der Waals surface area contributed by atoms with Crippen LogP contribution in [0.2, 0.25) is 0 Å². The lowest BCUT2D eigenvalue weighted by atomic mass is 9.94. The predicted octanol–water partition coefficient (Wildman–Crippen LogP) is 5.31. The molecule has 0 bridgehead atoms. The summed E-state index contributed by atoms with van der Waals surface area (Å²) in [6.07, 6.45) is 0.642. The standard InChI is InChI=1S/C24H26O3/c1-18-14-23(26-13-7-12-25)15-19(2)24(18)21-9-6-8-20(16-21)17-27-22-10-4-3-5-11-22/h3-6,8-11,14-16,25H,7,12-13,17H2,1-2H3. The summed E-state index contributed by atoms with van der Waals surface area (Å²) in [7, 11) is 0. The van der Waals surface area contributed by atoms with Gasteiger partial charge in [0.15, 0.2) is 0 Å². The molecule has 0 saturated carbocycles. The van der Waals surface area contributed by atoms with Crippen LogP contribution in [-0.4, -0.2) is 18.3 Å². The monoisotopic (exact) mass is 362 g/mol. The van der Waals surface area contributed by atoms with Gasteiger partial charge in [-0.05, 0) is 72.0 Å². The van der Waals surface area contributed by atoms with Gasteiger partial charge in [0.1, 0.15) is 18.1 Å². The first kappa shape index (κ1) is 19.0. The summed E-state index contributed by atoms with van der Waals surface area (Å²) in [6.45, 7) is 5.43. The molecule has 3 rings (SSSR count). The van der Waals surface area contributed by atoms with Crippen LogP contribution in [0, 0.1) is 13.8 Å². The normalized spacial score (nSPS) is 10.6. The van der Waals surface area contributed by atoms with Crippen molar-refractivity contribution in [1.82, 2.24) is 0 Å². The van der Waals surface area contributed by atoms with Crippen LogP contribution in [0.3, 0.4) is 0 Å². The molecule has 27 heavy (non-hydrogen) atoms. The molecule has 3 aromatic carbocycles. The third kappa shape index (κ3) is 5.11. The maximum atomic E-state index is 8.90. The number of aliphatic hydroxyl groups is 1. The van der Waals surface area contributed by atoms with E-state index in [0.717, 1.165) is 17.1 Å². The molecule has 3 nitrogen and oxygen atoms in total. The molecule has 1 N–H and O–H groups in total. The van der Waals surface area contributed by atoms with E-state index in [2.05, 4.69) is 50.2 Å². The fourth-order valence-electron chi connectivity index (χ4n) is 3.22. The van der Waals surface area contributed by atoms with Crippen molar-refractivity contribution in [2.45, 2.75) is 26.9 Å². The number of hydrogen-bond acceptors (Lipinski definition) is 3. The van der Waals surface area contributed by atoms with Crippen molar-refractivity contribution >= 4 is 0 Å². The topological polar surface area (TPSA) is 38.7 Å². The Hall–Kier alpha value is -2.78. The van der Waals surface area contributed by atoms with Crippen molar-refractivity contribution in [3.63, 3.8) is 0 Å². The van der Waals surface area contributed by atoms with Gasteiger partial charge in [0.25, 0.3) is 0 Å². The lowest BCUT2D eigenvalue weighted by Gasteiger charge is -2.15. The van der Waals surface area contributed by atoms with Crippen molar-refractivity contribution in [2.75, 3.05) is 13.2 Å². The smallest absolute Gasteiger partial charge is 0.119 e. The Morgan fingerprint density at radius 2 is 1.52 bits per heavy atom. The second kappa shape index (κ2) is 9.24. The number of aryl methyl sites for hydroxylation is 2. The molecule has 0 aromatic heterocycles. The first-order valence-electron chi connectivity index (χ1n) is 9.29. The van der Waals surface area contributed by atoms with Crippen molar-refractivity contribution in [2.24, 2.45) is 0 Å². The lowest BCUT2D eigenvalue weighted by Crippen LogP contribution is -2.01. The highest BCUT2D eigenvalue weighted by Gasteiger charge is 2.09. The SMILES string of the molecule is Cc1cc(OCCCO)cc(C)c1-c1cccc(COc2ccccc2)c1. The van der Waals surface area contributed by atoms with Crippen LogP contribution in [0.5, 0.6) is 11.5 Å². The van der Waals surface area contributed by atoms with Crippen molar-refractivity contribution in [1.29, 1.82) is 0 Å². The Labute approximate surface area is 161 Å². The van der Waals surface area contributed by atoms with E-state index in [1.54, 1.807) is 0 Å². The first-order chi connectivity index (χ1) is 13.2. The highest BCUT2D eigenvalue weighted by Crippen LogP contribution is 2.31. The average molecular weight is 362 g/mol. The molecule has 0 unspecified atom stereocenters. The van der Waals surface area contributed by atoms with E-state index in [4.69, 9.17) is 14.6 Å².